The molecule has 1 unspecified atom stereocenters. The Morgan fingerprint density at radius 1 is 1.73 bits per heavy atom. The first-order valence-corrected chi connectivity index (χ1v) is 4.82. The number of aromatic nitrogens is 1. The van der Waals surface area contributed by atoms with E-state index in [1.54, 1.807) is 13.2 Å². The summed E-state index contributed by atoms with van der Waals surface area (Å²) in [6.45, 7) is 0.514. The Hall–Kier alpha value is -1.33. The number of H-pyrrole nitrogens is 1. The molecule has 1 aliphatic heterocycles. The second-order valence-electron chi connectivity index (χ2n) is 3.80. The molecule has 82 valence electrons. The van der Waals surface area contributed by atoms with Gasteiger partial charge >= 0.3 is 5.97 Å². The van der Waals surface area contributed by atoms with Gasteiger partial charge in [0.25, 0.3) is 0 Å². The average molecular weight is 210 g/mol. The van der Waals surface area contributed by atoms with E-state index >= 15 is 0 Å². The highest BCUT2D eigenvalue weighted by atomic mass is 16.5. The number of carbonyl (C=O) groups is 1. The molecule has 0 saturated carbocycles. The lowest BCUT2D eigenvalue weighted by Crippen LogP contribution is -2.56. The summed E-state index contributed by atoms with van der Waals surface area (Å²) in [5.41, 5.74) is 0.0442. The molecule has 0 aliphatic carbocycles. The lowest BCUT2D eigenvalue weighted by atomic mass is 9.77. The van der Waals surface area contributed by atoms with Gasteiger partial charge in [-0.15, -0.1) is 0 Å². The van der Waals surface area contributed by atoms with E-state index in [0.29, 0.717) is 0 Å². The first kappa shape index (κ1) is 10.2. The Bertz CT molecular complexity index is 344. The van der Waals surface area contributed by atoms with Gasteiger partial charge in [-0.3, -0.25) is 4.79 Å². The van der Waals surface area contributed by atoms with Crippen molar-refractivity contribution >= 4 is 5.97 Å². The zero-order valence-electron chi connectivity index (χ0n) is 8.49. The molecule has 1 aromatic heterocycles. The highest BCUT2D eigenvalue weighted by Gasteiger charge is 2.53. The smallest absolute Gasteiger partial charge is 0.316 e. The van der Waals surface area contributed by atoms with Crippen molar-refractivity contribution in [2.75, 3.05) is 20.3 Å². The molecule has 1 atom stereocenters. The lowest BCUT2D eigenvalue weighted by molar-refractivity contribution is -0.186. The highest BCUT2D eigenvalue weighted by molar-refractivity contribution is 5.77. The first-order valence-electron chi connectivity index (χ1n) is 4.82. The van der Waals surface area contributed by atoms with Crippen molar-refractivity contribution < 1.29 is 14.6 Å². The van der Waals surface area contributed by atoms with Gasteiger partial charge in [-0.1, -0.05) is 0 Å². The first-order chi connectivity index (χ1) is 7.20. The number of hydrogen-bond donors (Lipinski definition) is 3. The van der Waals surface area contributed by atoms with Crippen LogP contribution in [0.5, 0.6) is 0 Å². The van der Waals surface area contributed by atoms with E-state index in [1.807, 2.05) is 12.1 Å². The Labute approximate surface area is 87.4 Å². The van der Waals surface area contributed by atoms with Crippen LogP contribution in [0.25, 0.3) is 0 Å². The van der Waals surface area contributed by atoms with Gasteiger partial charge in [-0.2, -0.15) is 0 Å². The third-order valence-electron chi connectivity index (χ3n) is 2.92. The van der Waals surface area contributed by atoms with Crippen molar-refractivity contribution in [1.82, 2.24) is 10.3 Å². The van der Waals surface area contributed by atoms with Crippen molar-refractivity contribution in [3.8, 4) is 0 Å². The maximum absolute atomic E-state index is 11.3. The van der Waals surface area contributed by atoms with Gasteiger partial charge in [0.05, 0.1) is 19.3 Å². The number of ether oxygens (including phenoxy) is 1. The number of hydrogen-bond acceptors (Lipinski definition) is 3. The summed E-state index contributed by atoms with van der Waals surface area (Å²) in [6.07, 6.45) is 1.79. The molecule has 0 bridgehead atoms. The third-order valence-corrected chi connectivity index (χ3v) is 2.92. The molecule has 1 aliphatic rings. The van der Waals surface area contributed by atoms with Crippen molar-refractivity contribution in [2.24, 2.45) is 5.41 Å². The quantitative estimate of drug-likeness (QED) is 0.671. The number of aromatic amines is 1. The number of nitrogens with one attached hydrogen (secondary N) is 2. The van der Waals surface area contributed by atoms with Crippen LogP contribution in [0.3, 0.4) is 0 Å². The van der Waals surface area contributed by atoms with Crippen LogP contribution < -0.4 is 5.32 Å². The Morgan fingerprint density at radius 3 is 2.80 bits per heavy atom. The largest absolute Gasteiger partial charge is 0.481 e. The average Bonchev–Trinajstić information content (AvgIpc) is 2.62. The number of aliphatic carboxylic acids is 1. The Balaban J connectivity index is 2.29. The molecular formula is C10H14N2O3. The molecule has 0 spiro atoms. The van der Waals surface area contributed by atoms with E-state index in [1.165, 1.54) is 0 Å². The number of rotatable bonds is 4. The van der Waals surface area contributed by atoms with Crippen LogP contribution in [0.4, 0.5) is 0 Å². The van der Waals surface area contributed by atoms with Crippen LogP contribution in [-0.2, 0) is 9.53 Å². The second kappa shape index (κ2) is 3.67. The van der Waals surface area contributed by atoms with Gasteiger partial charge in [0.15, 0.2) is 0 Å². The van der Waals surface area contributed by atoms with Gasteiger partial charge in [-0.25, -0.2) is 0 Å². The Morgan fingerprint density at radius 2 is 2.47 bits per heavy atom. The summed E-state index contributed by atoms with van der Waals surface area (Å²) < 4.78 is 5.05. The number of carboxylic acid groups (broad SMARTS) is 1. The van der Waals surface area contributed by atoms with Crippen molar-refractivity contribution in [2.45, 2.75) is 6.04 Å². The van der Waals surface area contributed by atoms with Gasteiger partial charge in [-0.05, 0) is 19.2 Å². The molecule has 5 nitrogen and oxygen atoms in total. The van der Waals surface area contributed by atoms with E-state index in [4.69, 9.17) is 4.74 Å². The van der Waals surface area contributed by atoms with Crippen LogP contribution in [0.1, 0.15) is 11.7 Å². The fourth-order valence-corrected chi connectivity index (χ4v) is 1.99. The van der Waals surface area contributed by atoms with Crippen molar-refractivity contribution in [3.63, 3.8) is 0 Å². The van der Waals surface area contributed by atoms with E-state index in [-0.39, 0.29) is 19.3 Å². The predicted molar refractivity (Wildman–Crippen MR) is 53.5 cm³/mol. The molecule has 2 heterocycles. The summed E-state index contributed by atoms with van der Waals surface area (Å²) >= 11 is 0. The van der Waals surface area contributed by atoms with Crippen LogP contribution in [-0.4, -0.2) is 36.3 Å². The minimum absolute atomic E-state index is 0.237. The molecular weight excluding hydrogens is 196 g/mol. The standard InChI is InChI=1S/C10H14N2O3/c1-11-8(7-3-2-4-12-7)10(9(13)14)5-15-6-10/h2-4,8,11-12H,5-6H2,1H3,(H,13,14). The van der Waals surface area contributed by atoms with Crippen LogP contribution >= 0.6 is 0 Å². The van der Waals surface area contributed by atoms with Crippen LogP contribution in [0.15, 0.2) is 18.3 Å². The van der Waals surface area contributed by atoms with Gasteiger partial charge in [0.1, 0.15) is 5.41 Å². The van der Waals surface area contributed by atoms with Crippen LogP contribution in [0, 0.1) is 5.41 Å². The molecule has 0 radical (unpaired) electrons. The maximum atomic E-state index is 11.3. The molecule has 3 N–H and O–H groups in total. The van der Waals surface area contributed by atoms with Crippen molar-refractivity contribution in [3.05, 3.63) is 24.0 Å². The fraction of sp³-hybridized carbons (Fsp3) is 0.500. The fourth-order valence-electron chi connectivity index (χ4n) is 1.99. The summed E-state index contributed by atoms with van der Waals surface area (Å²) in [5, 5.41) is 12.3. The molecule has 0 aromatic carbocycles. The minimum Gasteiger partial charge on any atom is -0.481 e. The van der Waals surface area contributed by atoms with Crippen LogP contribution in [0.2, 0.25) is 0 Å². The van der Waals surface area contributed by atoms with Gasteiger partial charge in [0.2, 0.25) is 0 Å². The molecule has 1 aromatic rings. The maximum Gasteiger partial charge on any atom is 0.316 e. The molecule has 1 fully saturated rings. The van der Waals surface area contributed by atoms with Gasteiger partial charge < -0.3 is 20.1 Å². The molecule has 0 amide bonds. The normalized spacial score (nSPS) is 20.6. The highest BCUT2D eigenvalue weighted by Crippen LogP contribution is 2.40. The van der Waals surface area contributed by atoms with E-state index in [2.05, 4.69) is 10.3 Å². The Kier molecular flexibility index (Phi) is 2.50. The monoisotopic (exact) mass is 210 g/mol. The minimum atomic E-state index is -0.834. The third kappa shape index (κ3) is 1.44. The second-order valence-corrected chi connectivity index (χ2v) is 3.80. The lowest BCUT2D eigenvalue weighted by Gasteiger charge is -2.42. The molecule has 2 rings (SSSR count). The topological polar surface area (TPSA) is 74.4 Å². The molecule has 1 saturated heterocycles. The number of carboxylic acids is 1. The zero-order chi connectivity index (χ0) is 10.9. The SMILES string of the molecule is CNC(c1ccc[nH]1)C1(C(=O)O)COC1. The summed E-state index contributed by atoms with van der Waals surface area (Å²) in [6, 6.07) is 3.50. The summed E-state index contributed by atoms with van der Waals surface area (Å²) in [5.74, 6) is -0.817. The van der Waals surface area contributed by atoms with E-state index in [9.17, 15) is 9.90 Å². The van der Waals surface area contributed by atoms with E-state index in [0.717, 1.165) is 5.69 Å². The van der Waals surface area contributed by atoms with Crippen molar-refractivity contribution in [1.29, 1.82) is 0 Å². The molecule has 15 heavy (non-hydrogen) atoms. The summed E-state index contributed by atoms with van der Waals surface area (Å²) in [7, 11) is 1.76. The predicted octanol–water partition coefficient (Wildman–Crippen LogP) is 0.376. The summed E-state index contributed by atoms with van der Waals surface area (Å²) in [4.78, 5) is 14.3. The van der Waals surface area contributed by atoms with E-state index < -0.39 is 11.4 Å². The molecule has 5 heteroatoms. The van der Waals surface area contributed by atoms with Gasteiger partial charge in [0, 0.05) is 11.9 Å². The zero-order valence-corrected chi connectivity index (χ0v) is 8.49.